The Kier molecular flexibility index (Phi) is 3.13. The molecule has 0 spiro atoms. The fourth-order valence-electron chi connectivity index (χ4n) is 2.93. The summed E-state index contributed by atoms with van der Waals surface area (Å²) in [6.45, 7) is 2.18. The molecule has 0 saturated carbocycles. The van der Waals surface area contributed by atoms with Gasteiger partial charge < -0.3 is 0 Å². The standard InChI is InChI=1S/C17H17Cl/c1-12-6-2-3-7-13(12)10-15-11-14-8-4-5-9-16(14)17(15)18/h2-9,15,17H,10-11H2,1H3. The molecule has 2 aromatic rings. The highest BCUT2D eigenvalue weighted by Gasteiger charge is 2.30. The molecular formula is C17H17Cl. The molecule has 0 N–H and O–H groups in total. The molecule has 2 unspecified atom stereocenters. The van der Waals surface area contributed by atoms with Crippen molar-refractivity contribution in [1.82, 2.24) is 0 Å². The fourth-order valence-corrected chi connectivity index (χ4v) is 3.32. The van der Waals surface area contributed by atoms with E-state index in [2.05, 4.69) is 55.5 Å². The quantitative estimate of drug-likeness (QED) is 0.684. The van der Waals surface area contributed by atoms with Gasteiger partial charge in [-0.1, -0.05) is 48.5 Å². The van der Waals surface area contributed by atoms with Crippen LogP contribution in [0.25, 0.3) is 0 Å². The van der Waals surface area contributed by atoms with Crippen molar-refractivity contribution in [3.8, 4) is 0 Å². The van der Waals surface area contributed by atoms with Gasteiger partial charge in [-0.25, -0.2) is 0 Å². The van der Waals surface area contributed by atoms with Gasteiger partial charge in [0.1, 0.15) is 0 Å². The number of alkyl halides is 1. The largest absolute Gasteiger partial charge is 0.117 e. The molecule has 92 valence electrons. The van der Waals surface area contributed by atoms with Crippen LogP contribution in [0.5, 0.6) is 0 Å². The highest BCUT2D eigenvalue weighted by Crippen LogP contribution is 2.42. The van der Waals surface area contributed by atoms with Crippen molar-refractivity contribution in [3.63, 3.8) is 0 Å². The smallest absolute Gasteiger partial charge is 0.0622 e. The summed E-state index contributed by atoms with van der Waals surface area (Å²) in [4.78, 5) is 0. The Balaban J connectivity index is 1.83. The molecule has 0 amide bonds. The van der Waals surface area contributed by atoms with Crippen LogP contribution in [0.3, 0.4) is 0 Å². The average Bonchev–Trinajstić information content (AvgIpc) is 2.70. The Morgan fingerprint density at radius 3 is 2.56 bits per heavy atom. The van der Waals surface area contributed by atoms with Gasteiger partial charge >= 0.3 is 0 Å². The van der Waals surface area contributed by atoms with Gasteiger partial charge in [0.25, 0.3) is 0 Å². The molecular weight excluding hydrogens is 240 g/mol. The van der Waals surface area contributed by atoms with Crippen molar-refractivity contribution < 1.29 is 0 Å². The molecule has 3 rings (SSSR count). The Morgan fingerprint density at radius 1 is 1.06 bits per heavy atom. The monoisotopic (exact) mass is 256 g/mol. The van der Waals surface area contributed by atoms with Crippen molar-refractivity contribution in [1.29, 1.82) is 0 Å². The maximum absolute atomic E-state index is 6.61. The molecule has 1 aliphatic rings. The molecule has 1 aliphatic carbocycles. The third kappa shape index (κ3) is 2.06. The predicted molar refractivity (Wildman–Crippen MR) is 77.1 cm³/mol. The first-order valence-corrected chi connectivity index (χ1v) is 6.95. The van der Waals surface area contributed by atoms with Crippen LogP contribution in [-0.4, -0.2) is 0 Å². The second-order valence-corrected chi connectivity index (χ2v) is 5.67. The molecule has 0 saturated heterocycles. The molecule has 0 heterocycles. The van der Waals surface area contributed by atoms with E-state index in [9.17, 15) is 0 Å². The molecule has 0 bridgehead atoms. The molecule has 0 radical (unpaired) electrons. The highest BCUT2D eigenvalue weighted by atomic mass is 35.5. The number of hydrogen-bond acceptors (Lipinski definition) is 0. The Labute approximate surface area is 114 Å². The van der Waals surface area contributed by atoms with Crippen molar-refractivity contribution in [2.75, 3.05) is 0 Å². The van der Waals surface area contributed by atoms with E-state index in [0.717, 1.165) is 12.8 Å². The highest BCUT2D eigenvalue weighted by molar-refractivity contribution is 6.21. The predicted octanol–water partition coefficient (Wildman–Crippen LogP) is 4.69. The number of rotatable bonds is 2. The minimum Gasteiger partial charge on any atom is -0.117 e. The summed E-state index contributed by atoms with van der Waals surface area (Å²) in [5.41, 5.74) is 5.56. The maximum atomic E-state index is 6.61. The SMILES string of the molecule is Cc1ccccc1CC1Cc2ccccc2C1Cl. The van der Waals surface area contributed by atoms with Crippen LogP contribution in [0.15, 0.2) is 48.5 Å². The zero-order valence-electron chi connectivity index (χ0n) is 10.6. The Hall–Kier alpha value is -1.27. The lowest BCUT2D eigenvalue weighted by atomic mass is 9.94. The van der Waals surface area contributed by atoms with E-state index >= 15 is 0 Å². The van der Waals surface area contributed by atoms with E-state index in [1.807, 2.05) is 0 Å². The van der Waals surface area contributed by atoms with Crippen LogP contribution >= 0.6 is 11.6 Å². The summed E-state index contributed by atoms with van der Waals surface area (Å²) in [6.07, 6.45) is 2.19. The topological polar surface area (TPSA) is 0 Å². The Bertz CT molecular complexity index is 559. The van der Waals surface area contributed by atoms with Gasteiger partial charge in [0.2, 0.25) is 0 Å². The van der Waals surface area contributed by atoms with E-state index in [1.54, 1.807) is 0 Å². The van der Waals surface area contributed by atoms with Gasteiger partial charge in [-0.3, -0.25) is 0 Å². The zero-order valence-corrected chi connectivity index (χ0v) is 11.3. The van der Waals surface area contributed by atoms with E-state index in [0.29, 0.717) is 5.92 Å². The van der Waals surface area contributed by atoms with Crippen LogP contribution in [0.2, 0.25) is 0 Å². The van der Waals surface area contributed by atoms with Crippen LogP contribution in [0, 0.1) is 12.8 Å². The van der Waals surface area contributed by atoms with Gasteiger partial charge in [-0.15, -0.1) is 11.6 Å². The van der Waals surface area contributed by atoms with Crippen LogP contribution in [0.4, 0.5) is 0 Å². The summed E-state index contributed by atoms with van der Waals surface area (Å²) >= 11 is 6.61. The number of halogens is 1. The van der Waals surface area contributed by atoms with Gasteiger partial charge in [-0.2, -0.15) is 0 Å². The van der Waals surface area contributed by atoms with E-state index < -0.39 is 0 Å². The zero-order chi connectivity index (χ0) is 12.5. The summed E-state index contributed by atoms with van der Waals surface area (Å²) < 4.78 is 0. The number of hydrogen-bond donors (Lipinski definition) is 0. The van der Waals surface area contributed by atoms with Gasteiger partial charge in [0.05, 0.1) is 5.38 Å². The molecule has 0 fully saturated rings. The second-order valence-electron chi connectivity index (χ2n) is 5.20. The summed E-state index contributed by atoms with van der Waals surface area (Å²) in [5.74, 6) is 0.533. The van der Waals surface area contributed by atoms with Crippen molar-refractivity contribution >= 4 is 11.6 Å². The first kappa shape index (κ1) is 11.8. The minimum absolute atomic E-state index is 0.167. The van der Waals surface area contributed by atoms with Gasteiger partial charge in [-0.05, 0) is 47.9 Å². The van der Waals surface area contributed by atoms with Crippen molar-refractivity contribution in [3.05, 3.63) is 70.8 Å². The summed E-state index contributed by atoms with van der Waals surface area (Å²) in [5, 5.41) is 0.167. The number of fused-ring (bicyclic) bond motifs is 1. The molecule has 0 aromatic heterocycles. The lowest BCUT2D eigenvalue weighted by molar-refractivity contribution is 0.542. The molecule has 0 aliphatic heterocycles. The molecule has 0 nitrogen and oxygen atoms in total. The van der Waals surface area contributed by atoms with Crippen LogP contribution in [0.1, 0.15) is 27.6 Å². The fraction of sp³-hybridized carbons (Fsp3) is 0.294. The van der Waals surface area contributed by atoms with Gasteiger partial charge in [0.15, 0.2) is 0 Å². The minimum atomic E-state index is 0.167. The lowest BCUT2D eigenvalue weighted by Crippen LogP contribution is -2.07. The number of aryl methyl sites for hydroxylation is 1. The molecule has 18 heavy (non-hydrogen) atoms. The average molecular weight is 257 g/mol. The molecule has 1 heteroatoms. The third-order valence-electron chi connectivity index (χ3n) is 3.99. The lowest BCUT2D eigenvalue weighted by Gasteiger charge is -2.15. The van der Waals surface area contributed by atoms with Crippen molar-refractivity contribution in [2.45, 2.75) is 25.1 Å². The van der Waals surface area contributed by atoms with E-state index in [1.165, 1.54) is 22.3 Å². The summed E-state index contributed by atoms with van der Waals surface area (Å²) in [7, 11) is 0. The summed E-state index contributed by atoms with van der Waals surface area (Å²) in [6, 6.07) is 17.2. The normalized spacial score (nSPS) is 21.9. The first-order valence-electron chi connectivity index (χ1n) is 6.52. The molecule has 2 aromatic carbocycles. The van der Waals surface area contributed by atoms with E-state index in [4.69, 9.17) is 11.6 Å². The van der Waals surface area contributed by atoms with Gasteiger partial charge in [0, 0.05) is 0 Å². The Morgan fingerprint density at radius 2 is 1.78 bits per heavy atom. The number of benzene rings is 2. The maximum Gasteiger partial charge on any atom is 0.0622 e. The third-order valence-corrected chi connectivity index (χ3v) is 4.58. The van der Waals surface area contributed by atoms with Crippen LogP contribution < -0.4 is 0 Å². The van der Waals surface area contributed by atoms with Crippen molar-refractivity contribution in [2.24, 2.45) is 5.92 Å². The first-order chi connectivity index (χ1) is 8.75. The molecule has 2 atom stereocenters. The van der Waals surface area contributed by atoms with E-state index in [-0.39, 0.29) is 5.38 Å². The second kappa shape index (κ2) is 4.78. The van der Waals surface area contributed by atoms with Crippen LogP contribution in [-0.2, 0) is 12.8 Å².